The molecule has 1 aliphatic rings. The fourth-order valence-corrected chi connectivity index (χ4v) is 1.96. The molecule has 0 atom stereocenters. The van der Waals surface area contributed by atoms with Crippen molar-refractivity contribution < 1.29 is 9.31 Å². The highest BCUT2D eigenvalue weighted by molar-refractivity contribution is 6.61. The number of halogens is 1. The summed E-state index contributed by atoms with van der Waals surface area (Å²) < 4.78 is 11.9. The minimum absolute atomic E-state index is 0.342. The highest BCUT2D eigenvalue weighted by atomic mass is 35.5. The molecule has 0 unspecified atom stereocenters. The van der Waals surface area contributed by atoms with Crippen molar-refractivity contribution in [3.05, 3.63) is 22.8 Å². The van der Waals surface area contributed by atoms with Gasteiger partial charge in [0.25, 0.3) is 0 Å². The van der Waals surface area contributed by atoms with Gasteiger partial charge in [0.1, 0.15) is 0 Å². The average molecular weight is 254 g/mol. The number of aromatic nitrogens is 1. The number of aryl methyl sites for hydroxylation is 1. The molecule has 1 saturated heterocycles. The van der Waals surface area contributed by atoms with Crippen LogP contribution in [0.3, 0.4) is 0 Å². The van der Waals surface area contributed by atoms with Crippen LogP contribution in [0.5, 0.6) is 0 Å². The maximum Gasteiger partial charge on any atom is 0.514 e. The Labute approximate surface area is 108 Å². The van der Waals surface area contributed by atoms with E-state index in [2.05, 4.69) is 4.98 Å². The Hall–Kier alpha value is -0.575. The molecule has 0 aliphatic carbocycles. The Morgan fingerprint density at radius 3 is 2.18 bits per heavy atom. The minimum atomic E-state index is -0.419. The lowest BCUT2D eigenvalue weighted by Crippen LogP contribution is -2.41. The molecule has 92 valence electrons. The predicted octanol–water partition coefficient (Wildman–Crippen LogP) is 2.34. The Balaban J connectivity index is 2.32. The third kappa shape index (κ3) is 2.22. The molecular formula is C12H17BClNO2. The summed E-state index contributed by atoms with van der Waals surface area (Å²) in [5, 5.41) is 0.628. The third-order valence-corrected chi connectivity index (χ3v) is 3.77. The second kappa shape index (κ2) is 3.97. The number of pyridine rings is 1. The second-order valence-corrected chi connectivity index (χ2v) is 5.88. The lowest BCUT2D eigenvalue weighted by molar-refractivity contribution is 0.00578. The van der Waals surface area contributed by atoms with Crippen LogP contribution in [0.4, 0.5) is 0 Å². The monoisotopic (exact) mass is 253 g/mol. The predicted molar refractivity (Wildman–Crippen MR) is 69.7 cm³/mol. The van der Waals surface area contributed by atoms with Crippen molar-refractivity contribution in [2.75, 3.05) is 0 Å². The maximum absolute atomic E-state index is 5.94. The molecule has 1 fully saturated rings. The van der Waals surface area contributed by atoms with Gasteiger partial charge in [-0.2, -0.15) is 0 Å². The van der Waals surface area contributed by atoms with E-state index in [1.165, 1.54) is 0 Å². The molecule has 0 N–H and O–H groups in total. The Morgan fingerprint density at radius 2 is 1.71 bits per heavy atom. The number of nitrogens with zero attached hydrogens (tertiary/aromatic N) is 1. The molecule has 2 heterocycles. The first-order chi connectivity index (χ1) is 7.73. The average Bonchev–Trinajstić information content (AvgIpc) is 2.35. The summed E-state index contributed by atoms with van der Waals surface area (Å²) in [5.41, 5.74) is 1.10. The van der Waals surface area contributed by atoms with E-state index in [4.69, 9.17) is 20.9 Å². The topological polar surface area (TPSA) is 31.4 Å². The quantitative estimate of drug-likeness (QED) is 0.720. The molecule has 1 aromatic heterocycles. The maximum atomic E-state index is 5.94. The van der Waals surface area contributed by atoms with Crippen molar-refractivity contribution in [1.29, 1.82) is 0 Å². The lowest BCUT2D eigenvalue weighted by Gasteiger charge is -2.32. The van der Waals surface area contributed by atoms with Gasteiger partial charge < -0.3 is 9.31 Å². The van der Waals surface area contributed by atoms with Crippen LogP contribution in [-0.2, 0) is 9.31 Å². The second-order valence-electron chi connectivity index (χ2n) is 5.44. The van der Waals surface area contributed by atoms with Crippen LogP contribution in [0.25, 0.3) is 0 Å². The first-order valence-electron chi connectivity index (χ1n) is 5.71. The molecule has 0 saturated carbocycles. The largest absolute Gasteiger partial charge is 0.514 e. The molecule has 0 spiro atoms. The zero-order valence-electron chi connectivity index (χ0n) is 10.9. The first-order valence-corrected chi connectivity index (χ1v) is 6.08. The van der Waals surface area contributed by atoms with Crippen molar-refractivity contribution in [2.24, 2.45) is 0 Å². The standard InChI is InChI=1S/C12H17BClNO2/c1-8-6-9(14)7-15-10(8)13-16-11(2,3)12(4,5)17-13/h6-7H,1-5H3. The first kappa shape index (κ1) is 12.9. The molecule has 0 amide bonds. The summed E-state index contributed by atoms with van der Waals surface area (Å²) in [7, 11) is -0.419. The smallest absolute Gasteiger partial charge is 0.398 e. The molecule has 2 rings (SSSR count). The van der Waals surface area contributed by atoms with Gasteiger partial charge in [0, 0.05) is 6.20 Å². The zero-order valence-corrected chi connectivity index (χ0v) is 11.6. The van der Waals surface area contributed by atoms with Crippen LogP contribution in [0.15, 0.2) is 12.3 Å². The Kier molecular flexibility index (Phi) is 3.01. The molecule has 0 bridgehead atoms. The molecule has 1 aromatic rings. The highest BCUT2D eigenvalue weighted by Crippen LogP contribution is 2.36. The van der Waals surface area contributed by atoms with Crippen molar-refractivity contribution in [3.63, 3.8) is 0 Å². The van der Waals surface area contributed by atoms with E-state index in [9.17, 15) is 0 Å². The zero-order chi connectivity index (χ0) is 12.8. The number of hydrogen-bond donors (Lipinski definition) is 0. The summed E-state index contributed by atoms with van der Waals surface area (Å²) in [4.78, 5) is 4.31. The molecular weight excluding hydrogens is 236 g/mol. The molecule has 1 aliphatic heterocycles. The Morgan fingerprint density at radius 1 is 1.18 bits per heavy atom. The summed E-state index contributed by atoms with van der Waals surface area (Å²) >= 11 is 5.89. The van der Waals surface area contributed by atoms with Gasteiger partial charge in [-0.15, -0.1) is 0 Å². The van der Waals surface area contributed by atoms with Crippen LogP contribution in [0.1, 0.15) is 33.3 Å². The van der Waals surface area contributed by atoms with Crippen molar-refractivity contribution in [2.45, 2.75) is 45.8 Å². The molecule has 5 heteroatoms. The minimum Gasteiger partial charge on any atom is -0.398 e. The van der Waals surface area contributed by atoms with E-state index in [1.807, 2.05) is 40.7 Å². The van der Waals surface area contributed by atoms with Crippen LogP contribution < -0.4 is 5.59 Å². The lowest BCUT2D eigenvalue weighted by atomic mass is 9.81. The van der Waals surface area contributed by atoms with Gasteiger partial charge in [0.15, 0.2) is 0 Å². The number of hydrogen-bond acceptors (Lipinski definition) is 3. The fraction of sp³-hybridized carbons (Fsp3) is 0.583. The van der Waals surface area contributed by atoms with Crippen molar-refractivity contribution >= 4 is 24.3 Å². The summed E-state index contributed by atoms with van der Waals surface area (Å²) in [5.74, 6) is 0. The number of rotatable bonds is 1. The van der Waals surface area contributed by atoms with E-state index in [0.717, 1.165) is 11.2 Å². The van der Waals surface area contributed by atoms with Gasteiger partial charge in [0.2, 0.25) is 0 Å². The molecule has 0 aromatic carbocycles. The van der Waals surface area contributed by atoms with Crippen LogP contribution >= 0.6 is 11.6 Å². The van der Waals surface area contributed by atoms with E-state index in [1.54, 1.807) is 6.20 Å². The van der Waals surface area contributed by atoms with Gasteiger partial charge in [-0.25, -0.2) is 0 Å². The van der Waals surface area contributed by atoms with E-state index < -0.39 is 7.12 Å². The van der Waals surface area contributed by atoms with E-state index in [0.29, 0.717) is 5.02 Å². The van der Waals surface area contributed by atoms with Gasteiger partial charge in [-0.05, 0) is 46.2 Å². The SMILES string of the molecule is Cc1cc(Cl)cnc1B1OC(C)(C)C(C)(C)O1. The van der Waals surface area contributed by atoms with Gasteiger partial charge in [0.05, 0.1) is 21.8 Å². The molecule has 3 nitrogen and oxygen atoms in total. The van der Waals surface area contributed by atoms with Crippen molar-refractivity contribution in [1.82, 2.24) is 4.98 Å². The summed E-state index contributed by atoms with van der Waals surface area (Å²) in [6.07, 6.45) is 1.62. The summed E-state index contributed by atoms with van der Waals surface area (Å²) in [6, 6.07) is 1.87. The third-order valence-electron chi connectivity index (χ3n) is 3.56. The van der Waals surface area contributed by atoms with Crippen molar-refractivity contribution in [3.8, 4) is 0 Å². The van der Waals surface area contributed by atoms with E-state index >= 15 is 0 Å². The van der Waals surface area contributed by atoms with E-state index in [-0.39, 0.29) is 11.2 Å². The van der Waals surface area contributed by atoms with Gasteiger partial charge >= 0.3 is 7.12 Å². The molecule has 0 radical (unpaired) electrons. The normalized spacial score (nSPS) is 21.9. The van der Waals surface area contributed by atoms with Crippen LogP contribution in [0.2, 0.25) is 5.02 Å². The Bertz CT molecular complexity index is 432. The van der Waals surface area contributed by atoms with Gasteiger partial charge in [-0.1, -0.05) is 11.6 Å². The van der Waals surface area contributed by atoms with Crippen LogP contribution in [-0.4, -0.2) is 23.3 Å². The van der Waals surface area contributed by atoms with Crippen LogP contribution in [0, 0.1) is 6.92 Å². The summed E-state index contributed by atoms with van der Waals surface area (Å²) in [6.45, 7) is 10.1. The fourth-order valence-electron chi connectivity index (χ4n) is 1.75. The highest BCUT2D eigenvalue weighted by Gasteiger charge is 2.52. The molecule has 17 heavy (non-hydrogen) atoms. The van der Waals surface area contributed by atoms with Gasteiger partial charge in [-0.3, -0.25) is 4.98 Å².